The van der Waals surface area contributed by atoms with Crippen LogP contribution >= 0.6 is 15.9 Å². The van der Waals surface area contributed by atoms with Crippen molar-refractivity contribution in [2.24, 2.45) is 0 Å². The molecular weight excluding hydrogens is 240 g/mol. The highest BCUT2D eigenvalue weighted by Crippen LogP contribution is 2.21. The summed E-state index contributed by atoms with van der Waals surface area (Å²) >= 11 is 2.82. The van der Waals surface area contributed by atoms with Crippen LogP contribution in [0.3, 0.4) is 0 Å². The normalized spacial score (nSPS) is 10.5. The quantitative estimate of drug-likeness (QED) is 0.812. The first-order valence-corrected chi connectivity index (χ1v) is 4.72. The molecule has 72 valence electrons. The topological polar surface area (TPSA) is 12.0 Å². The molecule has 0 bridgehead atoms. The van der Waals surface area contributed by atoms with Crippen molar-refractivity contribution in [1.82, 2.24) is 5.32 Å². The Balaban J connectivity index is 2.86. The van der Waals surface area contributed by atoms with Crippen molar-refractivity contribution in [3.8, 4) is 0 Å². The Morgan fingerprint density at radius 1 is 1.31 bits per heavy atom. The van der Waals surface area contributed by atoms with Crippen molar-refractivity contribution in [2.75, 3.05) is 13.6 Å². The lowest BCUT2D eigenvalue weighted by molar-refractivity contribution is 0.567. The molecule has 0 fully saturated rings. The van der Waals surface area contributed by atoms with Crippen molar-refractivity contribution in [3.63, 3.8) is 0 Å². The molecule has 1 aromatic carbocycles. The van der Waals surface area contributed by atoms with Gasteiger partial charge in [-0.25, -0.2) is 8.78 Å². The number of hydrogen-bond acceptors (Lipinski definition) is 1. The minimum atomic E-state index is -0.550. The van der Waals surface area contributed by atoms with Crippen LogP contribution in [0, 0.1) is 11.6 Å². The van der Waals surface area contributed by atoms with Crippen LogP contribution in [0.1, 0.15) is 5.56 Å². The van der Waals surface area contributed by atoms with Gasteiger partial charge in [-0.15, -0.1) is 0 Å². The van der Waals surface area contributed by atoms with E-state index in [1.54, 1.807) is 7.05 Å². The SMILES string of the molecule is CNCCc1cc(F)c(Br)c(F)c1. The van der Waals surface area contributed by atoms with Crippen LogP contribution in [-0.4, -0.2) is 13.6 Å². The average Bonchev–Trinajstić information content (AvgIpc) is 2.10. The molecular formula is C9H10BrF2N. The highest BCUT2D eigenvalue weighted by Gasteiger charge is 2.07. The summed E-state index contributed by atoms with van der Waals surface area (Å²) in [7, 11) is 1.80. The van der Waals surface area contributed by atoms with Crippen molar-refractivity contribution in [1.29, 1.82) is 0 Å². The van der Waals surface area contributed by atoms with Gasteiger partial charge in [0.25, 0.3) is 0 Å². The van der Waals surface area contributed by atoms with E-state index < -0.39 is 11.6 Å². The standard InChI is InChI=1S/C9H10BrF2N/c1-13-3-2-6-4-7(11)9(10)8(12)5-6/h4-5,13H,2-3H2,1H3. The van der Waals surface area contributed by atoms with Gasteiger partial charge in [-0.3, -0.25) is 0 Å². The molecule has 1 aromatic rings. The van der Waals surface area contributed by atoms with Gasteiger partial charge in [0.15, 0.2) is 0 Å². The Labute approximate surface area is 84.3 Å². The van der Waals surface area contributed by atoms with E-state index in [-0.39, 0.29) is 4.47 Å². The predicted octanol–water partition coefficient (Wildman–Crippen LogP) is 2.49. The fourth-order valence-corrected chi connectivity index (χ4v) is 1.25. The Morgan fingerprint density at radius 2 is 1.85 bits per heavy atom. The Morgan fingerprint density at radius 3 is 2.31 bits per heavy atom. The van der Waals surface area contributed by atoms with Gasteiger partial charge in [0.2, 0.25) is 0 Å². The van der Waals surface area contributed by atoms with Crippen LogP contribution in [0.25, 0.3) is 0 Å². The van der Waals surface area contributed by atoms with E-state index in [1.165, 1.54) is 12.1 Å². The molecule has 4 heteroatoms. The number of benzene rings is 1. The second-order valence-corrected chi connectivity index (χ2v) is 3.52. The molecule has 0 atom stereocenters. The molecule has 0 heterocycles. The van der Waals surface area contributed by atoms with E-state index >= 15 is 0 Å². The molecule has 0 unspecified atom stereocenters. The summed E-state index contributed by atoms with van der Waals surface area (Å²) in [4.78, 5) is 0. The van der Waals surface area contributed by atoms with Gasteiger partial charge < -0.3 is 5.32 Å². The highest BCUT2D eigenvalue weighted by atomic mass is 79.9. The molecule has 0 amide bonds. The number of likely N-dealkylation sites (N-methyl/N-ethyl adjacent to an activating group) is 1. The Hall–Kier alpha value is -0.480. The Bertz CT molecular complexity index is 279. The molecule has 1 nitrogen and oxygen atoms in total. The summed E-state index contributed by atoms with van der Waals surface area (Å²) < 4.78 is 25.8. The summed E-state index contributed by atoms with van der Waals surface area (Å²) in [5, 5.41) is 2.91. The first-order valence-electron chi connectivity index (χ1n) is 3.93. The van der Waals surface area contributed by atoms with Crippen LogP contribution in [-0.2, 0) is 6.42 Å². The van der Waals surface area contributed by atoms with Gasteiger partial charge in [-0.05, 0) is 53.6 Å². The number of nitrogens with one attached hydrogen (secondary N) is 1. The minimum absolute atomic E-state index is 0.0966. The third-order valence-electron chi connectivity index (χ3n) is 1.71. The summed E-state index contributed by atoms with van der Waals surface area (Å²) in [5.74, 6) is -1.10. The average molecular weight is 250 g/mol. The van der Waals surface area contributed by atoms with Gasteiger partial charge in [0.05, 0.1) is 4.47 Å². The van der Waals surface area contributed by atoms with E-state index in [1.807, 2.05) is 0 Å². The lowest BCUT2D eigenvalue weighted by Gasteiger charge is -2.03. The third-order valence-corrected chi connectivity index (χ3v) is 2.46. The fourth-order valence-electron chi connectivity index (χ4n) is 1.02. The maximum absolute atomic E-state index is 13.0. The first kappa shape index (κ1) is 10.6. The van der Waals surface area contributed by atoms with E-state index in [9.17, 15) is 8.78 Å². The van der Waals surface area contributed by atoms with Crippen LogP contribution in [0.15, 0.2) is 16.6 Å². The van der Waals surface area contributed by atoms with E-state index in [0.29, 0.717) is 18.5 Å². The summed E-state index contributed by atoms with van der Waals surface area (Å²) in [5.41, 5.74) is 0.660. The number of rotatable bonds is 3. The van der Waals surface area contributed by atoms with Gasteiger partial charge in [-0.2, -0.15) is 0 Å². The minimum Gasteiger partial charge on any atom is -0.319 e. The lowest BCUT2D eigenvalue weighted by Crippen LogP contribution is -2.10. The first-order chi connectivity index (χ1) is 6.15. The third kappa shape index (κ3) is 2.74. The van der Waals surface area contributed by atoms with Crippen molar-refractivity contribution < 1.29 is 8.78 Å². The molecule has 0 saturated carbocycles. The smallest absolute Gasteiger partial charge is 0.140 e. The van der Waals surface area contributed by atoms with Crippen LogP contribution < -0.4 is 5.32 Å². The second kappa shape index (κ2) is 4.67. The number of hydrogen-bond donors (Lipinski definition) is 1. The molecule has 0 aromatic heterocycles. The van der Waals surface area contributed by atoms with Crippen molar-refractivity contribution >= 4 is 15.9 Å². The summed E-state index contributed by atoms with van der Waals surface area (Å²) in [6.07, 6.45) is 0.623. The Kier molecular flexibility index (Phi) is 3.81. The van der Waals surface area contributed by atoms with Gasteiger partial charge in [-0.1, -0.05) is 0 Å². The van der Waals surface area contributed by atoms with Gasteiger partial charge in [0.1, 0.15) is 11.6 Å². The van der Waals surface area contributed by atoms with Gasteiger partial charge >= 0.3 is 0 Å². The molecule has 0 aliphatic heterocycles. The van der Waals surface area contributed by atoms with Crippen molar-refractivity contribution in [3.05, 3.63) is 33.8 Å². The van der Waals surface area contributed by atoms with E-state index in [2.05, 4.69) is 21.2 Å². The molecule has 0 radical (unpaired) electrons. The summed E-state index contributed by atoms with van der Waals surface area (Å²) in [6.45, 7) is 0.709. The molecule has 1 N–H and O–H groups in total. The fraction of sp³-hybridized carbons (Fsp3) is 0.333. The van der Waals surface area contributed by atoms with Crippen LogP contribution in [0.4, 0.5) is 8.78 Å². The maximum atomic E-state index is 13.0. The number of halogens is 3. The summed E-state index contributed by atoms with van der Waals surface area (Å²) in [6, 6.07) is 2.68. The van der Waals surface area contributed by atoms with Crippen LogP contribution in [0.2, 0.25) is 0 Å². The largest absolute Gasteiger partial charge is 0.319 e. The lowest BCUT2D eigenvalue weighted by atomic mass is 10.1. The molecule has 13 heavy (non-hydrogen) atoms. The van der Waals surface area contributed by atoms with E-state index in [4.69, 9.17) is 0 Å². The van der Waals surface area contributed by atoms with Gasteiger partial charge in [0, 0.05) is 0 Å². The monoisotopic (exact) mass is 249 g/mol. The predicted molar refractivity (Wildman–Crippen MR) is 51.7 cm³/mol. The second-order valence-electron chi connectivity index (χ2n) is 2.73. The van der Waals surface area contributed by atoms with Crippen molar-refractivity contribution in [2.45, 2.75) is 6.42 Å². The molecule has 1 rings (SSSR count). The molecule has 0 aliphatic rings. The highest BCUT2D eigenvalue weighted by molar-refractivity contribution is 9.10. The molecule has 0 saturated heterocycles. The molecule has 0 spiro atoms. The molecule has 0 aliphatic carbocycles. The zero-order chi connectivity index (χ0) is 9.84. The van der Waals surface area contributed by atoms with E-state index in [0.717, 1.165) is 0 Å². The van der Waals surface area contributed by atoms with Crippen LogP contribution in [0.5, 0.6) is 0 Å². The zero-order valence-electron chi connectivity index (χ0n) is 7.20. The zero-order valence-corrected chi connectivity index (χ0v) is 8.79. The maximum Gasteiger partial charge on any atom is 0.140 e.